The topological polar surface area (TPSA) is 21.3 Å². The van der Waals surface area contributed by atoms with E-state index in [0.29, 0.717) is 0 Å². The third-order valence-corrected chi connectivity index (χ3v) is 4.64. The van der Waals surface area contributed by atoms with E-state index in [1.165, 1.54) is 4.88 Å². The van der Waals surface area contributed by atoms with E-state index in [9.17, 15) is 0 Å². The van der Waals surface area contributed by atoms with Crippen molar-refractivity contribution in [3.63, 3.8) is 0 Å². The number of ether oxygens (including phenoxy) is 1. The molecule has 0 aliphatic heterocycles. The van der Waals surface area contributed by atoms with Crippen molar-refractivity contribution in [2.24, 2.45) is 0 Å². The summed E-state index contributed by atoms with van der Waals surface area (Å²) < 4.78 is 7.37. The second-order valence-electron chi connectivity index (χ2n) is 3.43. The number of halogens is 2. The highest BCUT2D eigenvalue weighted by Gasteiger charge is 2.03. The minimum absolute atomic E-state index is 0.803. The molecule has 0 radical (unpaired) electrons. The van der Waals surface area contributed by atoms with Gasteiger partial charge in [-0.05, 0) is 39.5 Å². The van der Waals surface area contributed by atoms with E-state index in [1.54, 1.807) is 18.4 Å². The molecule has 1 N–H and O–H groups in total. The largest absolute Gasteiger partial charge is 0.497 e. The van der Waals surface area contributed by atoms with Gasteiger partial charge in [0.1, 0.15) is 5.75 Å². The second kappa shape index (κ2) is 5.89. The maximum atomic E-state index is 5.22. The lowest BCUT2D eigenvalue weighted by molar-refractivity contribution is 0.414. The Labute approximate surface area is 121 Å². The summed E-state index contributed by atoms with van der Waals surface area (Å²) in [7, 11) is 1.67. The number of anilines is 1. The van der Waals surface area contributed by atoms with Crippen LogP contribution >= 0.6 is 43.2 Å². The first-order valence-electron chi connectivity index (χ1n) is 4.99. The molecular weight excluding hydrogens is 366 g/mol. The first-order valence-corrected chi connectivity index (χ1v) is 7.46. The molecular formula is C12H11Br2NOS. The quantitative estimate of drug-likeness (QED) is 0.819. The fraction of sp³-hybridized carbons (Fsp3) is 0.167. The maximum absolute atomic E-state index is 5.22. The first kappa shape index (κ1) is 12.9. The van der Waals surface area contributed by atoms with Crippen molar-refractivity contribution < 1.29 is 4.74 Å². The molecule has 0 aliphatic carbocycles. The van der Waals surface area contributed by atoms with Gasteiger partial charge < -0.3 is 10.1 Å². The van der Waals surface area contributed by atoms with Crippen molar-refractivity contribution in [3.8, 4) is 5.75 Å². The van der Waals surface area contributed by atoms with Crippen LogP contribution in [0.2, 0.25) is 0 Å². The molecule has 0 saturated carbocycles. The lowest BCUT2D eigenvalue weighted by Crippen LogP contribution is -1.98. The van der Waals surface area contributed by atoms with Gasteiger partial charge in [-0.3, -0.25) is 0 Å². The summed E-state index contributed by atoms with van der Waals surface area (Å²) >= 11 is 8.71. The summed E-state index contributed by atoms with van der Waals surface area (Å²) in [6.45, 7) is 0.803. The van der Waals surface area contributed by atoms with Crippen LogP contribution in [0.15, 0.2) is 38.6 Å². The van der Waals surface area contributed by atoms with Gasteiger partial charge >= 0.3 is 0 Å². The molecule has 1 aromatic carbocycles. The highest BCUT2D eigenvalue weighted by molar-refractivity contribution is 9.10. The van der Waals surface area contributed by atoms with Gasteiger partial charge in [0.05, 0.1) is 13.7 Å². The van der Waals surface area contributed by atoms with Gasteiger partial charge in [-0.25, -0.2) is 0 Å². The van der Waals surface area contributed by atoms with E-state index >= 15 is 0 Å². The predicted molar refractivity (Wildman–Crippen MR) is 80.0 cm³/mol. The number of rotatable bonds is 4. The Kier molecular flexibility index (Phi) is 4.48. The van der Waals surface area contributed by atoms with Crippen molar-refractivity contribution in [1.29, 1.82) is 0 Å². The molecule has 0 fully saturated rings. The van der Waals surface area contributed by atoms with Crippen LogP contribution in [0.3, 0.4) is 0 Å². The van der Waals surface area contributed by atoms with Crippen LogP contribution in [0.4, 0.5) is 5.69 Å². The summed E-state index contributed by atoms with van der Waals surface area (Å²) in [4.78, 5) is 1.28. The molecule has 2 nitrogen and oxygen atoms in total. The third-order valence-electron chi connectivity index (χ3n) is 2.25. The Bertz CT molecular complexity index is 513. The lowest BCUT2D eigenvalue weighted by atomic mass is 10.3. The Morgan fingerprint density at radius 3 is 2.76 bits per heavy atom. The van der Waals surface area contributed by atoms with Crippen LogP contribution in [-0.2, 0) is 6.54 Å². The average molecular weight is 377 g/mol. The molecule has 0 spiro atoms. The molecule has 0 atom stereocenters. The summed E-state index contributed by atoms with van der Waals surface area (Å²) in [5.41, 5.74) is 1.04. The molecule has 0 saturated heterocycles. The van der Waals surface area contributed by atoms with Crippen LogP contribution in [0.25, 0.3) is 0 Å². The second-order valence-corrected chi connectivity index (χ2v) is 6.20. The number of hydrogen-bond acceptors (Lipinski definition) is 3. The molecule has 90 valence electrons. The monoisotopic (exact) mass is 375 g/mol. The summed E-state index contributed by atoms with van der Waals surface area (Å²) in [6, 6.07) is 8.01. The number of nitrogens with one attached hydrogen (secondary N) is 1. The Balaban J connectivity index is 2.09. The number of hydrogen-bond donors (Lipinski definition) is 1. The Hall–Kier alpha value is -0.520. The van der Waals surface area contributed by atoms with Gasteiger partial charge in [-0.1, -0.05) is 15.9 Å². The van der Waals surface area contributed by atoms with Crippen LogP contribution < -0.4 is 10.1 Å². The maximum Gasteiger partial charge on any atom is 0.122 e. The molecule has 0 amide bonds. The zero-order chi connectivity index (χ0) is 12.3. The number of methoxy groups -OCH3 is 1. The molecule has 1 heterocycles. The predicted octanol–water partition coefficient (Wildman–Crippen LogP) is 4.89. The van der Waals surface area contributed by atoms with Gasteiger partial charge in [-0.2, -0.15) is 0 Å². The zero-order valence-electron chi connectivity index (χ0n) is 9.17. The van der Waals surface area contributed by atoms with Crippen LogP contribution in [-0.4, -0.2) is 7.11 Å². The minimum Gasteiger partial charge on any atom is -0.497 e. The molecule has 5 heteroatoms. The van der Waals surface area contributed by atoms with E-state index in [2.05, 4.69) is 48.6 Å². The smallest absolute Gasteiger partial charge is 0.122 e. The zero-order valence-corrected chi connectivity index (χ0v) is 13.2. The molecule has 0 unspecified atom stereocenters. The van der Waals surface area contributed by atoms with Gasteiger partial charge in [0.25, 0.3) is 0 Å². The number of thiophene rings is 1. The van der Waals surface area contributed by atoms with E-state index in [-0.39, 0.29) is 0 Å². The minimum atomic E-state index is 0.803. The van der Waals surface area contributed by atoms with Crippen molar-refractivity contribution in [2.75, 3.05) is 12.4 Å². The molecule has 1 aromatic heterocycles. The SMILES string of the molecule is COc1cc(Br)cc(NCc2sccc2Br)c1. The molecule has 0 bridgehead atoms. The molecule has 2 rings (SSSR count). The highest BCUT2D eigenvalue weighted by Crippen LogP contribution is 2.27. The van der Waals surface area contributed by atoms with Crippen molar-refractivity contribution >= 4 is 48.9 Å². The van der Waals surface area contributed by atoms with E-state index in [1.807, 2.05) is 18.2 Å². The van der Waals surface area contributed by atoms with Crippen molar-refractivity contribution in [2.45, 2.75) is 6.54 Å². The van der Waals surface area contributed by atoms with Crippen LogP contribution in [0.1, 0.15) is 4.88 Å². The lowest BCUT2D eigenvalue weighted by Gasteiger charge is -2.08. The Morgan fingerprint density at radius 2 is 2.12 bits per heavy atom. The normalized spacial score (nSPS) is 10.3. The molecule has 17 heavy (non-hydrogen) atoms. The van der Waals surface area contributed by atoms with Gasteiger partial charge in [0.2, 0.25) is 0 Å². The summed E-state index contributed by atoms with van der Waals surface area (Å²) in [5.74, 6) is 0.840. The highest BCUT2D eigenvalue weighted by atomic mass is 79.9. The summed E-state index contributed by atoms with van der Waals surface area (Å²) in [5, 5.41) is 5.45. The van der Waals surface area contributed by atoms with Gasteiger partial charge in [0, 0.05) is 25.6 Å². The van der Waals surface area contributed by atoms with Crippen LogP contribution in [0.5, 0.6) is 5.75 Å². The Morgan fingerprint density at radius 1 is 1.29 bits per heavy atom. The van der Waals surface area contributed by atoms with Crippen LogP contribution in [0, 0.1) is 0 Å². The third kappa shape index (κ3) is 3.47. The van der Waals surface area contributed by atoms with E-state index in [0.717, 1.165) is 26.9 Å². The summed E-state index contributed by atoms with van der Waals surface area (Å²) in [6.07, 6.45) is 0. The van der Waals surface area contributed by atoms with E-state index in [4.69, 9.17) is 4.74 Å². The molecule has 0 aliphatic rings. The standard InChI is InChI=1S/C12H11Br2NOS/c1-16-10-5-8(13)4-9(6-10)15-7-12-11(14)2-3-17-12/h2-6,15H,7H2,1H3. The average Bonchev–Trinajstić information content (AvgIpc) is 2.71. The van der Waals surface area contributed by atoms with Crippen molar-refractivity contribution in [3.05, 3.63) is 43.5 Å². The first-order chi connectivity index (χ1) is 8.19. The fourth-order valence-electron chi connectivity index (χ4n) is 1.42. The van der Waals surface area contributed by atoms with Crippen molar-refractivity contribution in [1.82, 2.24) is 0 Å². The van der Waals surface area contributed by atoms with Gasteiger partial charge in [0.15, 0.2) is 0 Å². The fourth-order valence-corrected chi connectivity index (χ4v) is 3.32. The molecule has 2 aromatic rings. The van der Waals surface area contributed by atoms with E-state index < -0.39 is 0 Å². The number of benzene rings is 1. The van der Waals surface area contributed by atoms with Gasteiger partial charge in [-0.15, -0.1) is 11.3 Å².